The Morgan fingerprint density at radius 2 is 2.00 bits per heavy atom. The van der Waals surface area contributed by atoms with Crippen molar-refractivity contribution in [2.45, 2.75) is 18.2 Å². The Hall–Kier alpha value is -1.55. The van der Waals surface area contributed by atoms with Gasteiger partial charge in [0.1, 0.15) is 0 Å². The highest BCUT2D eigenvalue weighted by atomic mass is 32.2. The minimum Gasteiger partial charge on any atom is -0.304 e. The largest absolute Gasteiger partial charge is 0.304 e. The second-order valence-electron chi connectivity index (χ2n) is 5.76. The van der Waals surface area contributed by atoms with Crippen LogP contribution in [0.2, 0.25) is 0 Å². The number of hydrogen-bond acceptors (Lipinski definition) is 6. The van der Waals surface area contributed by atoms with E-state index in [4.69, 9.17) is 0 Å². The van der Waals surface area contributed by atoms with Crippen LogP contribution in [-0.4, -0.2) is 61.7 Å². The molecule has 0 spiro atoms. The molecule has 1 fully saturated rings. The van der Waals surface area contributed by atoms with Crippen molar-refractivity contribution in [2.75, 3.05) is 38.5 Å². The highest BCUT2D eigenvalue weighted by Gasteiger charge is 2.27. The number of thiazole rings is 1. The van der Waals surface area contributed by atoms with Crippen LogP contribution in [0.1, 0.15) is 13.3 Å². The van der Waals surface area contributed by atoms with Crippen LogP contribution >= 0.6 is 11.3 Å². The van der Waals surface area contributed by atoms with Gasteiger partial charge in [-0.1, -0.05) is 18.3 Å². The van der Waals surface area contributed by atoms with Gasteiger partial charge in [0.2, 0.25) is 15.9 Å². The number of benzene rings is 1. The van der Waals surface area contributed by atoms with E-state index in [1.165, 1.54) is 15.6 Å². The van der Waals surface area contributed by atoms with Gasteiger partial charge in [0.25, 0.3) is 0 Å². The number of piperazine rings is 1. The normalized spacial score (nSPS) is 17.2. The summed E-state index contributed by atoms with van der Waals surface area (Å²) < 4.78 is 27.9. The summed E-state index contributed by atoms with van der Waals surface area (Å²) in [6.07, 6.45) is 0.374. The first kappa shape index (κ1) is 17.3. The molecule has 1 saturated heterocycles. The lowest BCUT2D eigenvalue weighted by Crippen LogP contribution is -2.46. The number of sulfonamides is 1. The molecule has 2 heterocycles. The molecule has 0 aliphatic carbocycles. The first-order chi connectivity index (χ1) is 11.4. The third kappa shape index (κ3) is 3.44. The Morgan fingerprint density at radius 3 is 2.67 bits per heavy atom. The first-order valence-electron chi connectivity index (χ1n) is 7.79. The highest BCUT2D eigenvalue weighted by Crippen LogP contribution is 2.29. The zero-order valence-electron chi connectivity index (χ0n) is 13.7. The van der Waals surface area contributed by atoms with E-state index in [-0.39, 0.29) is 10.8 Å². The lowest BCUT2D eigenvalue weighted by molar-refractivity contribution is -0.115. The predicted molar refractivity (Wildman–Crippen MR) is 94.8 cm³/mol. The summed E-state index contributed by atoms with van der Waals surface area (Å²) in [6, 6.07) is 4.92. The van der Waals surface area contributed by atoms with E-state index in [1.54, 1.807) is 25.1 Å². The summed E-state index contributed by atoms with van der Waals surface area (Å²) in [7, 11) is -1.51. The number of anilines is 1. The van der Waals surface area contributed by atoms with Crippen LogP contribution in [0.25, 0.3) is 10.2 Å². The van der Waals surface area contributed by atoms with Gasteiger partial charge in [0.05, 0.1) is 15.1 Å². The fourth-order valence-corrected chi connectivity index (χ4v) is 4.95. The number of nitrogens with zero attached hydrogens (tertiary/aromatic N) is 3. The number of amides is 1. The highest BCUT2D eigenvalue weighted by molar-refractivity contribution is 7.89. The van der Waals surface area contributed by atoms with Gasteiger partial charge in [0.15, 0.2) is 5.13 Å². The van der Waals surface area contributed by atoms with E-state index in [2.05, 4.69) is 15.2 Å². The van der Waals surface area contributed by atoms with E-state index < -0.39 is 10.0 Å². The number of aromatic nitrogens is 1. The van der Waals surface area contributed by atoms with Crippen LogP contribution in [-0.2, 0) is 14.8 Å². The zero-order chi connectivity index (χ0) is 17.3. The van der Waals surface area contributed by atoms with Crippen molar-refractivity contribution >= 4 is 42.6 Å². The Bertz CT molecular complexity index is 855. The van der Waals surface area contributed by atoms with Crippen molar-refractivity contribution in [2.24, 2.45) is 0 Å². The summed E-state index contributed by atoms with van der Waals surface area (Å²) in [5.74, 6) is -0.112. The van der Waals surface area contributed by atoms with E-state index in [0.29, 0.717) is 30.2 Å². The molecule has 0 radical (unpaired) electrons. The first-order valence-corrected chi connectivity index (χ1v) is 10.0. The fourth-order valence-electron chi connectivity index (χ4n) is 2.50. The number of likely N-dealkylation sites (N-methyl/N-ethyl adjacent to an activating group) is 1. The van der Waals surface area contributed by atoms with Gasteiger partial charge in [0, 0.05) is 32.6 Å². The maximum absolute atomic E-state index is 12.8. The van der Waals surface area contributed by atoms with Crippen molar-refractivity contribution in [3.63, 3.8) is 0 Å². The zero-order valence-corrected chi connectivity index (χ0v) is 15.3. The number of nitrogens with one attached hydrogen (secondary N) is 1. The molecule has 1 aliphatic heterocycles. The van der Waals surface area contributed by atoms with Crippen molar-refractivity contribution in [3.05, 3.63) is 18.2 Å². The molecule has 1 amide bonds. The van der Waals surface area contributed by atoms with Crippen molar-refractivity contribution < 1.29 is 13.2 Å². The molecule has 1 aromatic carbocycles. The lowest BCUT2D eigenvalue weighted by Gasteiger charge is -2.31. The third-order valence-electron chi connectivity index (χ3n) is 4.03. The molecule has 24 heavy (non-hydrogen) atoms. The van der Waals surface area contributed by atoms with Crippen molar-refractivity contribution in [1.82, 2.24) is 14.2 Å². The smallest absolute Gasteiger partial charge is 0.243 e. The van der Waals surface area contributed by atoms with Crippen LogP contribution in [0.3, 0.4) is 0 Å². The Labute approximate surface area is 145 Å². The molecule has 3 rings (SSSR count). The number of carbonyl (C=O) groups excluding carboxylic acids is 1. The molecule has 1 aromatic heterocycles. The van der Waals surface area contributed by atoms with Crippen LogP contribution < -0.4 is 5.32 Å². The maximum Gasteiger partial charge on any atom is 0.243 e. The average molecular weight is 368 g/mol. The monoisotopic (exact) mass is 368 g/mol. The summed E-state index contributed by atoms with van der Waals surface area (Å²) in [4.78, 5) is 18.2. The van der Waals surface area contributed by atoms with Crippen molar-refractivity contribution in [3.8, 4) is 0 Å². The molecule has 2 aromatic rings. The molecule has 1 N–H and O–H groups in total. The van der Waals surface area contributed by atoms with E-state index in [9.17, 15) is 13.2 Å². The van der Waals surface area contributed by atoms with Gasteiger partial charge in [-0.2, -0.15) is 4.31 Å². The number of hydrogen-bond donors (Lipinski definition) is 1. The topological polar surface area (TPSA) is 82.6 Å². The van der Waals surface area contributed by atoms with Gasteiger partial charge in [-0.25, -0.2) is 13.4 Å². The molecule has 130 valence electrons. The summed E-state index contributed by atoms with van der Waals surface area (Å²) >= 11 is 1.28. The van der Waals surface area contributed by atoms with E-state index >= 15 is 0 Å². The molecule has 0 unspecified atom stereocenters. The van der Waals surface area contributed by atoms with Crippen LogP contribution in [0.15, 0.2) is 23.1 Å². The average Bonchev–Trinajstić information content (AvgIpc) is 2.96. The molecule has 7 nitrogen and oxygen atoms in total. The van der Waals surface area contributed by atoms with E-state index in [0.717, 1.165) is 17.8 Å². The molecule has 1 aliphatic rings. The Balaban J connectivity index is 1.88. The van der Waals surface area contributed by atoms with Gasteiger partial charge in [-0.05, 0) is 25.2 Å². The van der Waals surface area contributed by atoms with Gasteiger partial charge in [-0.3, -0.25) is 4.79 Å². The van der Waals surface area contributed by atoms with Crippen LogP contribution in [0.4, 0.5) is 5.13 Å². The van der Waals surface area contributed by atoms with E-state index in [1.807, 2.05) is 7.05 Å². The molecule has 9 heteroatoms. The van der Waals surface area contributed by atoms with Gasteiger partial charge < -0.3 is 10.2 Å². The van der Waals surface area contributed by atoms with Gasteiger partial charge >= 0.3 is 0 Å². The van der Waals surface area contributed by atoms with Crippen LogP contribution in [0.5, 0.6) is 0 Å². The van der Waals surface area contributed by atoms with Crippen molar-refractivity contribution in [1.29, 1.82) is 0 Å². The quantitative estimate of drug-likeness (QED) is 0.886. The summed E-state index contributed by atoms with van der Waals surface area (Å²) in [6.45, 7) is 4.22. The lowest BCUT2D eigenvalue weighted by atomic mass is 10.3. The second kappa shape index (κ2) is 6.75. The molecule has 0 saturated carbocycles. The maximum atomic E-state index is 12.8. The molecular formula is C15H20N4O3S2. The number of rotatable bonds is 4. The SMILES string of the molecule is CCC(=O)Nc1nc2ccc(S(=O)(=O)N3CCN(C)CC3)cc2s1. The summed E-state index contributed by atoms with van der Waals surface area (Å²) in [5, 5.41) is 3.20. The fraction of sp³-hybridized carbons (Fsp3) is 0.467. The second-order valence-corrected chi connectivity index (χ2v) is 8.73. The molecule has 0 bridgehead atoms. The van der Waals surface area contributed by atoms with Crippen LogP contribution in [0, 0.1) is 0 Å². The minimum atomic E-state index is -3.50. The number of carbonyl (C=O) groups is 1. The Kier molecular flexibility index (Phi) is 4.86. The van der Waals surface area contributed by atoms with Gasteiger partial charge in [-0.15, -0.1) is 0 Å². The summed E-state index contributed by atoms with van der Waals surface area (Å²) in [5.41, 5.74) is 0.684. The Morgan fingerprint density at radius 1 is 1.29 bits per heavy atom. The minimum absolute atomic E-state index is 0.112. The predicted octanol–water partition coefficient (Wildman–Crippen LogP) is 1.58. The molecular weight excluding hydrogens is 348 g/mol. The standard InChI is InChI=1S/C15H20N4O3S2/c1-3-14(20)17-15-16-12-5-4-11(10-13(12)23-15)24(21,22)19-8-6-18(2)7-9-19/h4-5,10H,3,6-9H2,1-2H3,(H,16,17,20). The third-order valence-corrected chi connectivity index (χ3v) is 6.86. The molecule has 0 atom stereocenters. The number of fused-ring (bicyclic) bond motifs is 1.